The molecule has 1 N–H and O–H groups in total. The number of ether oxygens (including phenoxy) is 3. The smallest absolute Gasteiger partial charge is 0.308 e. The number of benzene rings is 2. The number of carbonyl (C=O) groups is 1. The van der Waals surface area contributed by atoms with Crippen molar-refractivity contribution in [3.63, 3.8) is 0 Å². The van der Waals surface area contributed by atoms with Crippen LogP contribution >= 0.6 is 11.3 Å². The first-order chi connectivity index (χ1) is 14.6. The lowest BCUT2D eigenvalue weighted by molar-refractivity contribution is -0.132. The Morgan fingerprint density at radius 3 is 2.23 bits per heavy atom. The molecule has 0 aliphatic carbocycles. The summed E-state index contributed by atoms with van der Waals surface area (Å²) in [6.45, 7) is 1.33. The Morgan fingerprint density at radius 1 is 0.967 bits per heavy atom. The number of hydrogen-bond donors (Lipinski definition) is 1. The van der Waals surface area contributed by atoms with Gasteiger partial charge in [-0.3, -0.25) is 4.79 Å². The quantitative estimate of drug-likeness (QED) is 0.333. The topological polar surface area (TPSA) is 73.4 Å². The zero-order chi connectivity index (χ0) is 21.1. The van der Waals surface area contributed by atoms with Crippen molar-refractivity contribution in [2.24, 2.45) is 0 Å². The summed E-state index contributed by atoms with van der Waals surface area (Å²) in [5, 5.41) is 2.03. The largest absolute Gasteiger partial charge is 0.493 e. The molecule has 4 rings (SSSR count). The molecule has 152 valence electrons. The fraction of sp³-hybridized carbons (Fsp3) is 0.130. The Morgan fingerprint density at radius 2 is 1.67 bits per heavy atom. The van der Waals surface area contributed by atoms with E-state index in [1.807, 2.05) is 41.8 Å². The van der Waals surface area contributed by atoms with Crippen LogP contribution in [-0.4, -0.2) is 30.2 Å². The van der Waals surface area contributed by atoms with Crippen LogP contribution < -0.4 is 14.2 Å². The molecule has 0 amide bonds. The lowest BCUT2D eigenvalue weighted by Crippen LogP contribution is -2.05. The maximum atomic E-state index is 11.5. The number of H-pyrrole nitrogens is 1. The Bertz CT molecular complexity index is 1140. The van der Waals surface area contributed by atoms with Gasteiger partial charge in [-0.15, -0.1) is 11.3 Å². The molecule has 0 fully saturated rings. The van der Waals surface area contributed by atoms with E-state index in [4.69, 9.17) is 19.2 Å². The van der Waals surface area contributed by atoms with Crippen LogP contribution in [0.15, 0.2) is 60.0 Å². The maximum absolute atomic E-state index is 11.5. The molecule has 0 saturated heterocycles. The van der Waals surface area contributed by atoms with Crippen molar-refractivity contribution in [1.29, 1.82) is 0 Å². The van der Waals surface area contributed by atoms with Gasteiger partial charge in [-0.2, -0.15) is 0 Å². The number of esters is 1. The van der Waals surface area contributed by atoms with Crippen molar-refractivity contribution >= 4 is 17.3 Å². The summed E-state index contributed by atoms with van der Waals surface area (Å²) in [4.78, 5) is 20.9. The van der Waals surface area contributed by atoms with E-state index in [2.05, 4.69) is 11.1 Å². The molecule has 6 nitrogen and oxygen atoms in total. The summed E-state index contributed by atoms with van der Waals surface area (Å²) >= 11 is 1.64. The minimum atomic E-state index is -0.455. The van der Waals surface area contributed by atoms with Crippen LogP contribution in [0.25, 0.3) is 33.2 Å². The third-order valence-corrected chi connectivity index (χ3v) is 5.39. The van der Waals surface area contributed by atoms with Crippen LogP contribution in [0.3, 0.4) is 0 Å². The first-order valence-electron chi connectivity index (χ1n) is 9.24. The van der Waals surface area contributed by atoms with Crippen LogP contribution in [0, 0.1) is 0 Å². The highest BCUT2D eigenvalue weighted by atomic mass is 32.1. The number of aromatic amines is 1. The van der Waals surface area contributed by atoms with Crippen LogP contribution in [0.5, 0.6) is 17.2 Å². The molecular formula is C23H20N2O4S. The molecule has 4 aromatic rings. The Kier molecular flexibility index (Phi) is 5.54. The molecule has 2 heterocycles. The summed E-state index contributed by atoms with van der Waals surface area (Å²) in [5.41, 5.74) is 3.56. The van der Waals surface area contributed by atoms with E-state index >= 15 is 0 Å². The summed E-state index contributed by atoms with van der Waals surface area (Å²) in [6, 6.07) is 17.6. The number of hydrogen-bond acceptors (Lipinski definition) is 6. The molecular weight excluding hydrogens is 400 g/mol. The average molecular weight is 420 g/mol. The molecule has 0 aliphatic rings. The van der Waals surface area contributed by atoms with Gasteiger partial charge in [0, 0.05) is 18.1 Å². The van der Waals surface area contributed by atoms with Gasteiger partial charge in [0.2, 0.25) is 5.75 Å². The molecule has 0 unspecified atom stereocenters. The first kappa shape index (κ1) is 19.7. The molecule has 30 heavy (non-hydrogen) atoms. The van der Waals surface area contributed by atoms with Gasteiger partial charge in [-0.1, -0.05) is 36.4 Å². The molecule has 0 radical (unpaired) electrons. The molecule has 0 atom stereocenters. The highest BCUT2D eigenvalue weighted by molar-refractivity contribution is 7.13. The fourth-order valence-electron chi connectivity index (χ4n) is 3.17. The van der Waals surface area contributed by atoms with E-state index in [0.717, 1.165) is 27.4 Å². The molecule has 0 bridgehead atoms. The zero-order valence-corrected chi connectivity index (χ0v) is 17.6. The summed E-state index contributed by atoms with van der Waals surface area (Å²) in [7, 11) is 3.03. The molecule has 0 spiro atoms. The van der Waals surface area contributed by atoms with Gasteiger partial charge >= 0.3 is 5.97 Å². The maximum Gasteiger partial charge on any atom is 0.308 e. The SMILES string of the molecule is COc1cc(-c2nc(-c3ccccc3)c(-c3cccs3)[nH]2)cc(OC)c1OC(C)=O. The van der Waals surface area contributed by atoms with E-state index in [0.29, 0.717) is 17.3 Å². The Balaban J connectivity index is 1.88. The van der Waals surface area contributed by atoms with Crippen molar-refractivity contribution in [2.45, 2.75) is 6.92 Å². The second kappa shape index (κ2) is 8.42. The monoisotopic (exact) mass is 420 g/mol. The second-order valence-corrected chi connectivity index (χ2v) is 7.40. The number of methoxy groups -OCH3 is 2. The third-order valence-electron chi connectivity index (χ3n) is 4.50. The Labute approximate surface area is 178 Å². The third kappa shape index (κ3) is 3.79. The second-order valence-electron chi connectivity index (χ2n) is 6.46. The average Bonchev–Trinajstić information content (AvgIpc) is 3.44. The molecule has 2 aromatic carbocycles. The van der Waals surface area contributed by atoms with Crippen molar-refractivity contribution in [2.75, 3.05) is 14.2 Å². The van der Waals surface area contributed by atoms with E-state index in [9.17, 15) is 4.79 Å². The minimum Gasteiger partial charge on any atom is -0.493 e. The Hall–Kier alpha value is -3.58. The zero-order valence-electron chi connectivity index (χ0n) is 16.8. The normalized spacial score (nSPS) is 10.6. The van der Waals surface area contributed by atoms with Gasteiger partial charge in [0.05, 0.1) is 30.5 Å². The van der Waals surface area contributed by atoms with Gasteiger partial charge in [0.15, 0.2) is 11.5 Å². The molecule has 7 heteroatoms. The van der Waals surface area contributed by atoms with Crippen LogP contribution in [-0.2, 0) is 4.79 Å². The molecule has 0 aliphatic heterocycles. The van der Waals surface area contributed by atoms with E-state index in [1.54, 1.807) is 23.5 Å². The number of imidazole rings is 1. The summed E-state index contributed by atoms with van der Waals surface area (Å²) in [5.74, 6) is 1.21. The van der Waals surface area contributed by atoms with Gasteiger partial charge in [0.1, 0.15) is 5.82 Å². The van der Waals surface area contributed by atoms with E-state index < -0.39 is 5.97 Å². The standard InChI is InChI=1S/C23H20N2O4S/c1-14(26)29-22-17(27-2)12-16(13-18(22)28-3)23-24-20(15-8-5-4-6-9-15)21(25-23)19-10-7-11-30-19/h4-13H,1-3H3,(H,24,25). The lowest BCUT2D eigenvalue weighted by atomic mass is 10.1. The number of thiophene rings is 1. The number of aromatic nitrogens is 2. The van der Waals surface area contributed by atoms with Gasteiger partial charge in [-0.25, -0.2) is 4.98 Å². The predicted molar refractivity (Wildman–Crippen MR) is 117 cm³/mol. The number of carbonyl (C=O) groups excluding carboxylic acids is 1. The number of rotatable bonds is 6. The summed E-state index contributed by atoms with van der Waals surface area (Å²) < 4.78 is 16.2. The predicted octanol–water partition coefficient (Wildman–Crippen LogP) is 5.41. The minimum absolute atomic E-state index is 0.240. The number of nitrogens with one attached hydrogen (secondary N) is 1. The summed E-state index contributed by atoms with van der Waals surface area (Å²) in [6.07, 6.45) is 0. The molecule has 2 aromatic heterocycles. The van der Waals surface area contributed by atoms with E-state index in [-0.39, 0.29) is 5.75 Å². The highest BCUT2D eigenvalue weighted by Crippen LogP contribution is 2.42. The van der Waals surface area contributed by atoms with Crippen LogP contribution in [0.4, 0.5) is 0 Å². The van der Waals surface area contributed by atoms with Gasteiger partial charge < -0.3 is 19.2 Å². The first-order valence-corrected chi connectivity index (χ1v) is 10.1. The van der Waals surface area contributed by atoms with E-state index in [1.165, 1.54) is 21.1 Å². The molecule has 0 saturated carbocycles. The van der Waals surface area contributed by atoms with Crippen LogP contribution in [0.1, 0.15) is 6.92 Å². The highest BCUT2D eigenvalue weighted by Gasteiger charge is 2.20. The van der Waals surface area contributed by atoms with Crippen molar-refractivity contribution < 1.29 is 19.0 Å². The van der Waals surface area contributed by atoms with Crippen LogP contribution in [0.2, 0.25) is 0 Å². The van der Waals surface area contributed by atoms with Crippen molar-refractivity contribution in [3.05, 3.63) is 60.0 Å². The van der Waals surface area contributed by atoms with Crippen molar-refractivity contribution in [3.8, 4) is 50.5 Å². The van der Waals surface area contributed by atoms with Gasteiger partial charge in [0.25, 0.3) is 0 Å². The van der Waals surface area contributed by atoms with Crippen molar-refractivity contribution in [1.82, 2.24) is 9.97 Å². The van der Waals surface area contributed by atoms with Gasteiger partial charge in [-0.05, 0) is 23.6 Å². The lowest BCUT2D eigenvalue weighted by Gasteiger charge is -2.13. The number of nitrogens with zero attached hydrogens (tertiary/aromatic N) is 1. The fourth-order valence-corrected chi connectivity index (χ4v) is 3.90.